The van der Waals surface area contributed by atoms with Gasteiger partial charge in [-0.15, -0.1) is 0 Å². The Kier molecular flexibility index (Phi) is 2.63. The normalized spacial score (nSPS) is 10.2. The Hall–Kier alpha value is -1.90. The van der Waals surface area contributed by atoms with Crippen molar-refractivity contribution in [1.29, 1.82) is 0 Å². The first-order chi connectivity index (χ1) is 7.29. The van der Waals surface area contributed by atoms with E-state index in [1.807, 2.05) is 4.57 Å². The smallest absolute Gasteiger partial charge is 0.242 e. The van der Waals surface area contributed by atoms with Crippen LogP contribution in [0.1, 0.15) is 21.6 Å². The summed E-state index contributed by atoms with van der Waals surface area (Å²) in [6.45, 7) is 2.78. The number of rotatable bonds is 3. The van der Waals surface area contributed by atoms with Crippen LogP contribution in [0.4, 0.5) is 0 Å². The lowest BCUT2D eigenvalue weighted by Crippen LogP contribution is -2.35. The van der Waals surface area contributed by atoms with Gasteiger partial charge in [-0.3, -0.25) is 4.79 Å². The Labute approximate surface area is 88.4 Å². The third-order valence-corrected chi connectivity index (χ3v) is 2.39. The molecule has 1 aromatic heterocycles. The summed E-state index contributed by atoms with van der Waals surface area (Å²) in [5.74, 6) is 0. The van der Waals surface area contributed by atoms with E-state index in [0.29, 0.717) is 5.69 Å². The molecule has 1 N–H and O–H groups in total. The molecule has 0 amide bonds. The third-order valence-electron chi connectivity index (χ3n) is 2.39. The maximum atomic E-state index is 10.7. The lowest BCUT2D eigenvalue weighted by molar-refractivity contribution is -0.688. The molecule has 0 unspecified atom stereocenters. The molecule has 0 aliphatic heterocycles. The summed E-state index contributed by atoms with van der Waals surface area (Å²) in [7, 11) is 0. The van der Waals surface area contributed by atoms with Crippen LogP contribution in [0.5, 0.6) is 0 Å². The maximum Gasteiger partial charge on any atom is 0.242 e. The molecule has 0 atom stereocenters. The highest BCUT2D eigenvalue weighted by molar-refractivity contribution is 5.68. The number of imidazole rings is 1. The Bertz CT molecular complexity index is 457. The van der Waals surface area contributed by atoms with Crippen molar-refractivity contribution in [3.8, 4) is 0 Å². The van der Waals surface area contributed by atoms with Crippen molar-refractivity contribution in [1.82, 2.24) is 4.98 Å². The van der Waals surface area contributed by atoms with Gasteiger partial charge in [0.05, 0.1) is 0 Å². The van der Waals surface area contributed by atoms with Gasteiger partial charge in [0, 0.05) is 0 Å². The van der Waals surface area contributed by atoms with Gasteiger partial charge < -0.3 is 0 Å². The molecule has 1 aromatic carbocycles. The number of hydrogen-bond acceptors (Lipinski definition) is 1. The minimum atomic E-state index is 0.663. The molecular formula is C12H13N2O+. The molecule has 0 spiro atoms. The van der Waals surface area contributed by atoms with E-state index in [1.165, 1.54) is 11.1 Å². The molecule has 2 aromatic rings. The van der Waals surface area contributed by atoms with E-state index in [2.05, 4.69) is 36.2 Å². The monoisotopic (exact) mass is 201 g/mol. The lowest BCUT2D eigenvalue weighted by atomic mass is 10.1. The topological polar surface area (TPSA) is 36.7 Å². The molecule has 3 heteroatoms. The van der Waals surface area contributed by atoms with Gasteiger partial charge in [0.1, 0.15) is 12.7 Å². The number of carbonyl (C=O) groups excluding carboxylic acids is 1. The summed E-state index contributed by atoms with van der Waals surface area (Å²) in [5, 5.41) is 0. The number of aldehydes is 1. The van der Waals surface area contributed by atoms with E-state index in [9.17, 15) is 4.79 Å². The van der Waals surface area contributed by atoms with Crippen LogP contribution in [0.25, 0.3) is 0 Å². The number of carbonyl (C=O) groups is 1. The van der Waals surface area contributed by atoms with Gasteiger partial charge >= 0.3 is 0 Å². The summed E-state index contributed by atoms with van der Waals surface area (Å²) < 4.78 is 1.89. The molecule has 3 nitrogen and oxygen atoms in total. The van der Waals surface area contributed by atoms with Crippen LogP contribution in [0.2, 0.25) is 0 Å². The number of aromatic nitrogens is 2. The summed E-state index contributed by atoms with van der Waals surface area (Å²) in [5.41, 5.74) is 3.09. The minimum Gasteiger partial charge on any atom is -0.294 e. The number of hydrogen-bond donors (Lipinski definition) is 1. The van der Waals surface area contributed by atoms with Crippen LogP contribution in [-0.2, 0) is 6.54 Å². The molecule has 0 radical (unpaired) electrons. The molecule has 76 valence electrons. The Morgan fingerprint density at radius 1 is 1.33 bits per heavy atom. The van der Waals surface area contributed by atoms with Gasteiger partial charge in [-0.05, 0) is 12.5 Å². The standard InChI is InChI=1S/C12H12N2O/c1-10-2-4-11(5-3-10)7-14-9-13-6-12(14)8-15/h2-6,8-9H,7H2,1H3/p+1. The Balaban J connectivity index is 2.21. The van der Waals surface area contributed by atoms with E-state index in [0.717, 1.165) is 12.8 Å². The second-order valence-corrected chi connectivity index (χ2v) is 3.60. The number of nitrogens with zero attached hydrogens (tertiary/aromatic N) is 1. The third kappa shape index (κ3) is 2.13. The van der Waals surface area contributed by atoms with Crippen LogP contribution in [0, 0.1) is 6.92 Å². The highest BCUT2D eigenvalue weighted by Gasteiger charge is 2.07. The predicted molar refractivity (Wildman–Crippen MR) is 56.7 cm³/mol. The van der Waals surface area contributed by atoms with Crippen LogP contribution >= 0.6 is 0 Å². The summed E-state index contributed by atoms with van der Waals surface area (Å²) in [6, 6.07) is 8.29. The number of benzene rings is 1. The summed E-state index contributed by atoms with van der Waals surface area (Å²) >= 11 is 0. The largest absolute Gasteiger partial charge is 0.294 e. The van der Waals surface area contributed by atoms with Gasteiger partial charge in [0.15, 0.2) is 6.29 Å². The van der Waals surface area contributed by atoms with Crippen LogP contribution in [0.15, 0.2) is 36.8 Å². The molecule has 0 fully saturated rings. The Morgan fingerprint density at radius 2 is 2.07 bits per heavy atom. The van der Waals surface area contributed by atoms with Gasteiger partial charge in [0.2, 0.25) is 12.0 Å². The van der Waals surface area contributed by atoms with Gasteiger partial charge in [-0.2, -0.15) is 0 Å². The highest BCUT2D eigenvalue weighted by atomic mass is 16.1. The fraction of sp³-hybridized carbons (Fsp3) is 0.167. The Morgan fingerprint density at radius 3 is 2.73 bits per heavy atom. The van der Waals surface area contributed by atoms with Crippen LogP contribution in [0.3, 0.4) is 0 Å². The molecule has 2 rings (SSSR count). The first-order valence-corrected chi connectivity index (χ1v) is 4.86. The van der Waals surface area contributed by atoms with Crippen molar-refractivity contribution in [2.75, 3.05) is 0 Å². The van der Waals surface area contributed by atoms with Crippen molar-refractivity contribution in [2.24, 2.45) is 0 Å². The summed E-state index contributed by atoms with van der Waals surface area (Å²) in [4.78, 5) is 13.6. The second kappa shape index (κ2) is 4.09. The molecule has 15 heavy (non-hydrogen) atoms. The van der Waals surface area contributed by atoms with E-state index in [-0.39, 0.29) is 0 Å². The number of aryl methyl sites for hydroxylation is 1. The molecule has 0 aliphatic carbocycles. The predicted octanol–water partition coefficient (Wildman–Crippen LogP) is 1.47. The SMILES string of the molecule is Cc1ccc(C[n+]2c[nH]cc2C=O)cc1. The van der Waals surface area contributed by atoms with E-state index in [4.69, 9.17) is 0 Å². The van der Waals surface area contributed by atoms with E-state index < -0.39 is 0 Å². The van der Waals surface area contributed by atoms with Gasteiger partial charge in [0.25, 0.3) is 0 Å². The van der Waals surface area contributed by atoms with Gasteiger partial charge in [-0.25, -0.2) is 9.55 Å². The quantitative estimate of drug-likeness (QED) is 0.592. The average Bonchev–Trinajstić information content (AvgIpc) is 2.69. The highest BCUT2D eigenvalue weighted by Crippen LogP contribution is 2.02. The fourth-order valence-corrected chi connectivity index (χ4v) is 1.50. The van der Waals surface area contributed by atoms with Crippen LogP contribution < -0.4 is 4.57 Å². The zero-order chi connectivity index (χ0) is 10.7. The second-order valence-electron chi connectivity index (χ2n) is 3.60. The first kappa shape index (κ1) is 9.65. The zero-order valence-corrected chi connectivity index (χ0v) is 8.60. The molecule has 0 aliphatic rings. The zero-order valence-electron chi connectivity index (χ0n) is 8.60. The van der Waals surface area contributed by atoms with Crippen molar-refractivity contribution in [3.05, 3.63) is 53.6 Å². The molecule has 0 saturated carbocycles. The van der Waals surface area contributed by atoms with Gasteiger partial charge in [-0.1, -0.05) is 29.8 Å². The molecule has 0 bridgehead atoms. The first-order valence-electron chi connectivity index (χ1n) is 4.86. The molecule has 1 heterocycles. The van der Waals surface area contributed by atoms with Crippen LogP contribution in [-0.4, -0.2) is 11.3 Å². The molecular weight excluding hydrogens is 188 g/mol. The molecule has 0 saturated heterocycles. The van der Waals surface area contributed by atoms with Crippen molar-refractivity contribution < 1.29 is 9.36 Å². The fourth-order valence-electron chi connectivity index (χ4n) is 1.50. The number of aromatic amines is 1. The van der Waals surface area contributed by atoms with Crippen molar-refractivity contribution >= 4 is 6.29 Å². The van der Waals surface area contributed by atoms with Crippen molar-refractivity contribution in [2.45, 2.75) is 13.5 Å². The lowest BCUT2D eigenvalue weighted by Gasteiger charge is -1.99. The maximum absolute atomic E-state index is 10.7. The van der Waals surface area contributed by atoms with E-state index in [1.54, 1.807) is 12.5 Å². The summed E-state index contributed by atoms with van der Waals surface area (Å²) in [6.07, 6.45) is 4.34. The number of nitrogens with one attached hydrogen (secondary N) is 1. The number of H-pyrrole nitrogens is 1. The van der Waals surface area contributed by atoms with E-state index >= 15 is 0 Å². The average molecular weight is 201 g/mol. The minimum absolute atomic E-state index is 0.663. The van der Waals surface area contributed by atoms with Crippen molar-refractivity contribution in [3.63, 3.8) is 0 Å².